The molecule has 0 saturated carbocycles. The molecule has 2 nitrogen and oxygen atoms in total. The van der Waals surface area contributed by atoms with Crippen molar-refractivity contribution in [3.63, 3.8) is 0 Å². The van der Waals surface area contributed by atoms with Gasteiger partial charge in [0.25, 0.3) is 0 Å². The van der Waals surface area contributed by atoms with Crippen LogP contribution in [0.1, 0.15) is 45.8 Å². The Morgan fingerprint density at radius 3 is 2.28 bits per heavy atom. The molecule has 3 aromatic rings. The molecule has 144 valence electrons. The van der Waals surface area contributed by atoms with Crippen molar-refractivity contribution in [1.29, 1.82) is 5.41 Å². The molecule has 0 heterocycles. The second-order valence-corrected chi connectivity index (χ2v) is 7.45. The third-order valence-electron chi connectivity index (χ3n) is 4.63. The predicted octanol–water partition coefficient (Wildman–Crippen LogP) is 6.47. The van der Waals surface area contributed by atoms with E-state index in [-0.39, 0.29) is 18.1 Å². The van der Waals surface area contributed by atoms with Crippen LogP contribution in [0.2, 0.25) is 5.02 Å². The van der Waals surface area contributed by atoms with Crippen LogP contribution in [0.15, 0.2) is 78.9 Å². The number of hydrogen-bond acceptors (Lipinski definition) is 2. The van der Waals surface area contributed by atoms with E-state index in [0.29, 0.717) is 22.7 Å². The molecule has 0 aliphatic rings. The first-order valence-corrected chi connectivity index (χ1v) is 9.87. The lowest BCUT2D eigenvalue weighted by atomic mass is 9.91. The number of ketones is 1. The zero-order valence-electron chi connectivity index (χ0n) is 16.3. The Kier molecular flexibility index (Phi) is 7.00. The van der Waals surface area contributed by atoms with E-state index in [1.54, 1.807) is 24.3 Å². The van der Waals surface area contributed by atoms with Gasteiger partial charge < -0.3 is 5.41 Å². The van der Waals surface area contributed by atoms with E-state index in [1.165, 1.54) is 5.56 Å². The number of nitrogens with one attached hydrogen (secondary N) is 1. The summed E-state index contributed by atoms with van der Waals surface area (Å²) in [5.41, 5.74) is 4.12. The smallest absolute Gasteiger partial charge is 0.168 e. The third kappa shape index (κ3) is 6.17. The van der Waals surface area contributed by atoms with E-state index in [0.717, 1.165) is 11.1 Å². The fraction of sp³-hybridized carbons (Fsp3) is 0.154. The van der Waals surface area contributed by atoms with Crippen LogP contribution in [0.5, 0.6) is 0 Å². The van der Waals surface area contributed by atoms with Crippen molar-refractivity contribution in [3.05, 3.63) is 106 Å². The van der Waals surface area contributed by atoms with E-state index in [1.807, 2.05) is 49.4 Å². The highest BCUT2D eigenvalue weighted by Gasteiger charge is 2.15. The van der Waals surface area contributed by atoms with Gasteiger partial charge in [0, 0.05) is 34.7 Å². The summed E-state index contributed by atoms with van der Waals surface area (Å²) in [7, 11) is 0. The van der Waals surface area contributed by atoms with Gasteiger partial charge in [-0.1, -0.05) is 71.5 Å². The van der Waals surface area contributed by atoms with Crippen molar-refractivity contribution < 1.29 is 4.79 Å². The standard InChI is InChI=1S/C26H22ClNO/c1-19-7-10-21(11-8-19)23(12-9-20-5-3-2-4-6-20)17-25(28)18-26(29)22-13-15-24(27)16-14-22/h2-8,10-11,13-16,23,28H,17-18H2,1H3. The molecule has 0 aromatic heterocycles. The normalized spacial score (nSPS) is 11.2. The van der Waals surface area contributed by atoms with Crippen molar-refractivity contribution in [3.8, 4) is 11.8 Å². The van der Waals surface area contributed by atoms with Gasteiger partial charge in [-0.25, -0.2) is 0 Å². The molecule has 1 atom stereocenters. The number of benzene rings is 3. The lowest BCUT2D eigenvalue weighted by molar-refractivity contribution is 0.1000. The van der Waals surface area contributed by atoms with Crippen molar-refractivity contribution in [2.45, 2.75) is 25.7 Å². The van der Waals surface area contributed by atoms with Crippen molar-refractivity contribution in [2.24, 2.45) is 0 Å². The minimum atomic E-state index is -0.138. The van der Waals surface area contributed by atoms with Crippen molar-refractivity contribution in [2.75, 3.05) is 0 Å². The molecule has 1 N–H and O–H groups in total. The summed E-state index contributed by atoms with van der Waals surface area (Å²) in [6.07, 6.45) is 0.499. The maximum absolute atomic E-state index is 12.5. The summed E-state index contributed by atoms with van der Waals surface area (Å²) in [5, 5.41) is 8.99. The Hall–Kier alpha value is -3.15. The van der Waals surface area contributed by atoms with Gasteiger partial charge in [0.15, 0.2) is 5.78 Å². The quantitative estimate of drug-likeness (QED) is 0.288. The Morgan fingerprint density at radius 2 is 1.62 bits per heavy atom. The molecule has 0 aliphatic heterocycles. The lowest BCUT2D eigenvalue weighted by Gasteiger charge is -2.13. The van der Waals surface area contributed by atoms with Crippen molar-refractivity contribution >= 4 is 23.1 Å². The molecular weight excluding hydrogens is 378 g/mol. The highest BCUT2D eigenvalue weighted by atomic mass is 35.5. The van der Waals surface area contributed by atoms with E-state index < -0.39 is 0 Å². The minimum Gasteiger partial charge on any atom is -0.309 e. The Balaban J connectivity index is 1.76. The second-order valence-electron chi connectivity index (χ2n) is 7.01. The summed E-state index contributed by atoms with van der Waals surface area (Å²) in [6.45, 7) is 2.04. The minimum absolute atomic E-state index is 0.0784. The molecular formula is C26H22ClNO. The highest BCUT2D eigenvalue weighted by molar-refractivity contribution is 6.30. The summed E-state index contributed by atoms with van der Waals surface area (Å²) < 4.78 is 0. The zero-order valence-corrected chi connectivity index (χ0v) is 17.0. The van der Waals surface area contributed by atoms with E-state index >= 15 is 0 Å². The van der Waals surface area contributed by atoms with E-state index in [9.17, 15) is 4.79 Å². The second kappa shape index (κ2) is 9.87. The maximum atomic E-state index is 12.5. The van der Waals surface area contributed by atoms with Gasteiger partial charge in [0.1, 0.15) is 0 Å². The summed E-state index contributed by atoms with van der Waals surface area (Å²) in [4.78, 5) is 12.5. The summed E-state index contributed by atoms with van der Waals surface area (Å²) in [6, 6.07) is 24.8. The van der Waals surface area contributed by atoms with Crippen LogP contribution in [0, 0.1) is 24.2 Å². The number of aryl methyl sites for hydroxylation is 1. The Bertz CT molecular complexity index is 1040. The molecule has 0 fully saturated rings. The molecule has 0 spiro atoms. The van der Waals surface area contributed by atoms with Crippen LogP contribution in [0.4, 0.5) is 0 Å². The molecule has 1 unspecified atom stereocenters. The average Bonchev–Trinajstić information content (AvgIpc) is 2.73. The largest absolute Gasteiger partial charge is 0.309 e. The van der Waals surface area contributed by atoms with Crippen molar-refractivity contribution in [1.82, 2.24) is 0 Å². The molecule has 0 amide bonds. The van der Waals surface area contributed by atoms with Crippen LogP contribution < -0.4 is 0 Å². The van der Waals surface area contributed by atoms with Gasteiger partial charge in [-0.15, -0.1) is 0 Å². The van der Waals surface area contributed by atoms with E-state index in [2.05, 4.69) is 24.0 Å². The van der Waals surface area contributed by atoms with Gasteiger partial charge in [-0.05, 0) is 48.9 Å². The molecule has 3 rings (SSSR count). The Morgan fingerprint density at radius 1 is 0.966 bits per heavy atom. The number of carbonyl (C=O) groups excluding carboxylic acids is 1. The number of carbonyl (C=O) groups is 1. The first-order valence-electron chi connectivity index (χ1n) is 9.49. The number of Topliss-reactive ketones (excluding diaryl/α,β-unsaturated/α-hetero) is 1. The average molecular weight is 400 g/mol. The van der Waals surface area contributed by atoms with Crippen LogP contribution in [-0.4, -0.2) is 11.5 Å². The fourth-order valence-corrected chi connectivity index (χ4v) is 3.12. The highest BCUT2D eigenvalue weighted by Crippen LogP contribution is 2.22. The lowest BCUT2D eigenvalue weighted by Crippen LogP contribution is -2.11. The third-order valence-corrected chi connectivity index (χ3v) is 4.89. The molecule has 0 bridgehead atoms. The van der Waals surface area contributed by atoms with Crippen LogP contribution >= 0.6 is 11.6 Å². The maximum Gasteiger partial charge on any atom is 0.168 e. The van der Waals surface area contributed by atoms with Gasteiger partial charge in [0.2, 0.25) is 0 Å². The van der Waals surface area contributed by atoms with Gasteiger partial charge in [0.05, 0.1) is 5.92 Å². The van der Waals surface area contributed by atoms with Gasteiger partial charge in [-0.3, -0.25) is 4.79 Å². The molecule has 0 saturated heterocycles. The molecule has 0 radical (unpaired) electrons. The summed E-state index contributed by atoms with van der Waals surface area (Å²) >= 11 is 5.89. The Labute approximate surface area is 177 Å². The monoisotopic (exact) mass is 399 g/mol. The molecule has 0 aliphatic carbocycles. The number of hydrogen-bond donors (Lipinski definition) is 1. The fourth-order valence-electron chi connectivity index (χ4n) is 2.99. The predicted molar refractivity (Wildman–Crippen MR) is 120 cm³/mol. The van der Waals surface area contributed by atoms with Crippen LogP contribution in [-0.2, 0) is 0 Å². The van der Waals surface area contributed by atoms with Crippen LogP contribution in [0.25, 0.3) is 0 Å². The summed E-state index contributed by atoms with van der Waals surface area (Å²) in [5.74, 6) is 6.30. The zero-order chi connectivity index (χ0) is 20.6. The van der Waals surface area contributed by atoms with Crippen LogP contribution in [0.3, 0.4) is 0 Å². The molecule has 29 heavy (non-hydrogen) atoms. The molecule has 3 aromatic carbocycles. The van der Waals surface area contributed by atoms with Gasteiger partial charge in [-0.2, -0.15) is 0 Å². The van der Waals surface area contributed by atoms with Gasteiger partial charge >= 0.3 is 0 Å². The number of halogens is 1. The SMILES string of the molecule is Cc1ccc(C(C#Cc2ccccc2)CC(=N)CC(=O)c2ccc(Cl)cc2)cc1. The number of rotatable bonds is 6. The first-order chi connectivity index (χ1) is 14.0. The topological polar surface area (TPSA) is 40.9 Å². The van der Waals surface area contributed by atoms with E-state index in [4.69, 9.17) is 17.0 Å². The molecule has 3 heteroatoms. The first kappa shape index (κ1) is 20.6.